The minimum absolute atomic E-state index is 0.0279. The quantitative estimate of drug-likeness (QED) is 0.745. The number of carbonyl (C=O) groups excluding carboxylic acids is 1. The van der Waals surface area contributed by atoms with E-state index in [9.17, 15) is 14.7 Å². The lowest BCUT2D eigenvalue weighted by atomic mass is 10.1. The van der Waals surface area contributed by atoms with Gasteiger partial charge in [0.1, 0.15) is 0 Å². The van der Waals surface area contributed by atoms with E-state index in [1.165, 1.54) is 0 Å². The second-order valence-electron chi connectivity index (χ2n) is 5.90. The summed E-state index contributed by atoms with van der Waals surface area (Å²) in [7, 11) is 0. The molecule has 1 aliphatic heterocycles. The van der Waals surface area contributed by atoms with Gasteiger partial charge < -0.3 is 20.3 Å². The molecule has 1 aromatic rings. The van der Waals surface area contributed by atoms with Gasteiger partial charge in [-0.25, -0.2) is 9.78 Å². The number of carbonyl (C=O) groups is 2. The van der Waals surface area contributed by atoms with E-state index in [1.807, 2.05) is 18.7 Å². The Kier molecular flexibility index (Phi) is 5.37. The van der Waals surface area contributed by atoms with E-state index in [4.69, 9.17) is 0 Å². The number of aromatic amines is 1. The number of imidazole rings is 1. The maximum atomic E-state index is 12.1. The van der Waals surface area contributed by atoms with Gasteiger partial charge in [-0.3, -0.25) is 9.69 Å². The Morgan fingerprint density at radius 3 is 2.82 bits per heavy atom. The topological polar surface area (TPSA) is 102 Å². The zero-order valence-corrected chi connectivity index (χ0v) is 13.0. The molecular weight excluding hydrogens is 286 g/mol. The van der Waals surface area contributed by atoms with Gasteiger partial charge in [0.25, 0.3) is 0 Å². The number of nitrogens with zero attached hydrogens (tertiary/aromatic N) is 3. The summed E-state index contributed by atoms with van der Waals surface area (Å²) < 4.78 is 0. The van der Waals surface area contributed by atoms with E-state index in [1.54, 1.807) is 17.4 Å². The highest BCUT2D eigenvalue weighted by Gasteiger charge is 2.30. The zero-order chi connectivity index (χ0) is 16.1. The third kappa shape index (κ3) is 4.45. The molecule has 1 fully saturated rings. The number of carboxylic acid groups (broad SMARTS) is 1. The highest BCUT2D eigenvalue weighted by atomic mass is 16.4. The first-order valence-electron chi connectivity index (χ1n) is 7.43. The molecule has 1 saturated heterocycles. The van der Waals surface area contributed by atoms with E-state index in [-0.39, 0.29) is 18.6 Å². The van der Waals surface area contributed by atoms with Crippen LogP contribution in [0, 0.1) is 5.92 Å². The molecule has 0 aromatic carbocycles. The summed E-state index contributed by atoms with van der Waals surface area (Å²) in [5.74, 6) is -1.47. The zero-order valence-electron chi connectivity index (χ0n) is 13.0. The first-order valence-corrected chi connectivity index (χ1v) is 7.43. The van der Waals surface area contributed by atoms with Crippen LogP contribution in [0.5, 0.6) is 0 Å². The fourth-order valence-electron chi connectivity index (χ4n) is 2.51. The smallest absolute Gasteiger partial charge is 0.317 e. The molecule has 0 saturated carbocycles. The lowest BCUT2D eigenvalue weighted by Crippen LogP contribution is -2.46. The fourth-order valence-corrected chi connectivity index (χ4v) is 2.51. The van der Waals surface area contributed by atoms with Gasteiger partial charge in [0.05, 0.1) is 12.2 Å². The molecule has 0 radical (unpaired) electrons. The Balaban J connectivity index is 2.03. The monoisotopic (exact) mass is 309 g/mol. The van der Waals surface area contributed by atoms with E-state index in [0.717, 1.165) is 5.69 Å². The van der Waals surface area contributed by atoms with Crippen molar-refractivity contribution in [2.24, 2.45) is 5.92 Å². The van der Waals surface area contributed by atoms with Gasteiger partial charge in [0.2, 0.25) is 0 Å². The van der Waals surface area contributed by atoms with E-state index in [2.05, 4.69) is 15.3 Å². The predicted octanol–water partition coefficient (Wildman–Crippen LogP) is 0.346. The van der Waals surface area contributed by atoms with Crippen molar-refractivity contribution in [1.29, 1.82) is 0 Å². The van der Waals surface area contributed by atoms with Crippen molar-refractivity contribution in [2.45, 2.75) is 26.4 Å². The first-order chi connectivity index (χ1) is 10.5. The minimum Gasteiger partial charge on any atom is -0.481 e. The summed E-state index contributed by atoms with van der Waals surface area (Å²) in [4.78, 5) is 34.2. The lowest BCUT2D eigenvalue weighted by molar-refractivity contribution is -0.142. The SMILES string of the molecule is CC(C)NC(=O)N1CCN(Cc2cnc[nH]2)C[C@H](C(=O)O)C1. The average Bonchev–Trinajstić information content (AvgIpc) is 2.83. The summed E-state index contributed by atoms with van der Waals surface area (Å²) in [5, 5.41) is 12.2. The molecule has 1 aliphatic rings. The van der Waals surface area contributed by atoms with Crippen molar-refractivity contribution >= 4 is 12.0 Å². The van der Waals surface area contributed by atoms with Crippen LogP contribution in [-0.2, 0) is 11.3 Å². The Bertz CT molecular complexity index is 503. The lowest BCUT2D eigenvalue weighted by Gasteiger charge is -2.23. The number of urea groups is 1. The number of hydrogen-bond acceptors (Lipinski definition) is 4. The molecule has 1 atom stereocenters. The number of rotatable bonds is 4. The number of hydrogen-bond donors (Lipinski definition) is 3. The van der Waals surface area contributed by atoms with Crippen LogP contribution in [0.4, 0.5) is 4.79 Å². The number of aliphatic carboxylic acids is 1. The van der Waals surface area contributed by atoms with Gasteiger partial charge in [-0.1, -0.05) is 0 Å². The van der Waals surface area contributed by atoms with Crippen molar-refractivity contribution < 1.29 is 14.7 Å². The maximum Gasteiger partial charge on any atom is 0.317 e. The molecule has 0 aliphatic carbocycles. The molecule has 1 aromatic heterocycles. The molecule has 2 heterocycles. The van der Waals surface area contributed by atoms with Crippen molar-refractivity contribution in [3.05, 3.63) is 18.2 Å². The van der Waals surface area contributed by atoms with Gasteiger partial charge in [-0.2, -0.15) is 0 Å². The van der Waals surface area contributed by atoms with Crippen LogP contribution < -0.4 is 5.32 Å². The molecule has 0 spiro atoms. The molecule has 8 nitrogen and oxygen atoms in total. The van der Waals surface area contributed by atoms with Crippen LogP contribution in [0.25, 0.3) is 0 Å². The van der Waals surface area contributed by atoms with Gasteiger partial charge in [0.15, 0.2) is 0 Å². The van der Waals surface area contributed by atoms with Crippen molar-refractivity contribution in [3.63, 3.8) is 0 Å². The van der Waals surface area contributed by atoms with Gasteiger partial charge in [-0.15, -0.1) is 0 Å². The van der Waals surface area contributed by atoms with Crippen LogP contribution in [-0.4, -0.2) is 69.1 Å². The average molecular weight is 309 g/mol. The molecule has 0 unspecified atom stereocenters. The van der Waals surface area contributed by atoms with Crippen LogP contribution in [0.3, 0.4) is 0 Å². The summed E-state index contributed by atoms with van der Waals surface area (Å²) in [5.41, 5.74) is 0.934. The normalized spacial score (nSPS) is 20.0. The van der Waals surface area contributed by atoms with Gasteiger partial charge >= 0.3 is 12.0 Å². The maximum absolute atomic E-state index is 12.1. The third-order valence-corrected chi connectivity index (χ3v) is 3.60. The number of amides is 2. The highest BCUT2D eigenvalue weighted by molar-refractivity contribution is 5.76. The Morgan fingerprint density at radius 2 is 2.23 bits per heavy atom. The number of aromatic nitrogens is 2. The largest absolute Gasteiger partial charge is 0.481 e. The summed E-state index contributed by atoms with van der Waals surface area (Å²) >= 11 is 0. The molecule has 122 valence electrons. The second kappa shape index (κ2) is 7.26. The Morgan fingerprint density at radius 1 is 1.45 bits per heavy atom. The van der Waals surface area contributed by atoms with Gasteiger partial charge in [-0.05, 0) is 13.8 Å². The van der Waals surface area contributed by atoms with Crippen molar-refractivity contribution in [2.75, 3.05) is 26.2 Å². The van der Waals surface area contributed by atoms with Crippen LogP contribution in [0.15, 0.2) is 12.5 Å². The molecule has 2 rings (SSSR count). The van der Waals surface area contributed by atoms with E-state index < -0.39 is 11.9 Å². The van der Waals surface area contributed by atoms with Crippen LogP contribution in [0.2, 0.25) is 0 Å². The standard InChI is InChI=1S/C14H23N5O3/c1-10(2)17-14(22)19-4-3-18(6-11(7-19)13(20)21)8-12-5-15-9-16-12/h5,9-11H,3-4,6-8H2,1-2H3,(H,15,16)(H,17,22)(H,20,21)/t11-/m0/s1. The number of H-pyrrole nitrogens is 1. The number of carboxylic acids is 1. The predicted molar refractivity (Wildman–Crippen MR) is 80.2 cm³/mol. The Labute approximate surface area is 129 Å². The van der Waals surface area contributed by atoms with Crippen LogP contribution >= 0.6 is 0 Å². The molecule has 2 amide bonds. The summed E-state index contributed by atoms with van der Waals surface area (Å²) in [6.45, 7) is 6.16. The minimum atomic E-state index is -0.876. The van der Waals surface area contributed by atoms with E-state index >= 15 is 0 Å². The van der Waals surface area contributed by atoms with E-state index in [0.29, 0.717) is 26.2 Å². The van der Waals surface area contributed by atoms with Crippen molar-refractivity contribution in [3.8, 4) is 0 Å². The number of nitrogens with one attached hydrogen (secondary N) is 2. The summed E-state index contributed by atoms with van der Waals surface area (Å²) in [6, 6.07) is -0.176. The molecule has 8 heteroatoms. The van der Waals surface area contributed by atoms with Crippen molar-refractivity contribution in [1.82, 2.24) is 25.1 Å². The highest BCUT2D eigenvalue weighted by Crippen LogP contribution is 2.13. The molecular formula is C14H23N5O3. The fraction of sp³-hybridized carbons (Fsp3) is 0.643. The molecule has 0 bridgehead atoms. The van der Waals surface area contributed by atoms with Crippen LogP contribution in [0.1, 0.15) is 19.5 Å². The Hall–Kier alpha value is -2.09. The summed E-state index contributed by atoms with van der Waals surface area (Å²) in [6.07, 6.45) is 3.33. The van der Waals surface area contributed by atoms with Gasteiger partial charge in [0, 0.05) is 50.7 Å². The molecule has 3 N–H and O–H groups in total. The second-order valence-corrected chi connectivity index (χ2v) is 5.90. The third-order valence-electron chi connectivity index (χ3n) is 3.60. The first kappa shape index (κ1) is 16.3. The molecule has 22 heavy (non-hydrogen) atoms.